The Morgan fingerprint density at radius 2 is 2.15 bits per heavy atom. The molecule has 1 aliphatic rings. The van der Waals surface area contributed by atoms with Crippen molar-refractivity contribution in [3.8, 4) is 0 Å². The highest BCUT2D eigenvalue weighted by molar-refractivity contribution is 4.96. The lowest BCUT2D eigenvalue weighted by molar-refractivity contribution is 0.320. The van der Waals surface area contributed by atoms with Gasteiger partial charge in [0.25, 0.3) is 0 Å². The van der Waals surface area contributed by atoms with Crippen molar-refractivity contribution >= 4 is 0 Å². The molecule has 0 atom stereocenters. The Morgan fingerprint density at radius 1 is 1.38 bits per heavy atom. The molecule has 1 aliphatic carbocycles. The van der Waals surface area contributed by atoms with Crippen LogP contribution in [0.25, 0.3) is 0 Å². The lowest BCUT2D eigenvalue weighted by Gasteiger charge is -2.20. The molecular weight excluding hydrogens is 164 g/mol. The van der Waals surface area contributed by atoms with E-state index in [0.717, 1.165) is 18.2 Å². The summed E-state index contributed by atoms with van der Waals surface area (Å²) in [5.41, 5.74) is 0. The summed E-state index contributed by atoms with van der Waals surface area (Å²) in [6.07, 6.45) is 4.67. The first-order valence-electron chi connectivity index (χ1n) is 5.08. The summed E-state index contributed by atoms with van der Waals surface area (Å²) in [7, 11) is 0. The molecule has 0 saturated heterocycles. The van der Waals surface area contributed by atoms with Crippen molar-refractivity contribution in [2.75, 3.05) is 0 Å². The maximum absolute atomic E-state index is 5.58. The highest BCUT2D eigenvalue weighted by atomic mass is 16.4. The van der Waals surface area contributed by atoms with Crippen molar-refractivity contribution < 1.29 is 4.42 Å². The van der Waals surface area contributed by atoms with E-state index in [-0.39, 0.29) is 0 Å². The summed E-state index contributed by atoms with van der Waals surface area (Å²) in [5, 5.41) is 8.12. The summed E-state index contributed by atoms with van der Waals surface area (Å²) in [4.78, 5) is 0. The van der Waals surface area contributed by atoms with Gasteiger partial charge >= 0.3 is 0 Å². The Labute approximate surface area is 78.5 Å². The lowest BCUT2D eigenvalue weighted by atomic mass is 9.85. The van der Waals surface area contributed by atoms with E-state index in [0.29, 0.717) is 11.8 Å². The average molecular weight is 180 g/mol. The minimum atomic E-state index is 0.563. The summed E-state index contributed by atoms with van der Waals surface area (Å²) in [6, 6.07) is 0. The first-order valence-corrected chi connectivity index (χ1v) is 5.08. The predicted octanol–water partition coefficient (Wildman–Crippen LogP) is 2.54. The van der Waals surface area contributed by atoms with Crippen LogP contribution >= 0.6 is 0 Å². The van der Waals surface area contributed by atoms with E-state index in [2.05, 4.69) is 24.0 Å². The quantitative estimate of drug-likeness (QED) is 0.717. The first-order chi connectivity index (χ1) is 6.25. The topological polar surface area (TPSA) is 38.9 Å². The van der Waals surface area contributed by atoms with Crippen molar-refractivity contribution in [2.45, 2.75) is 45.4 Å². The minimum absolute atomic E-state index is 0.563. The Hall–Kier alpha value is -0.860. The van der Waals surface area contributed by atoms with Gasteiger partial charge in [-0.1, -0.05) is 20.3 Å². The first kappa shape index (κ1) is 8.73. The molecule has 2 rings (SSSR count). The number of aromatic nitrogens is 2. The maximum atomic E-state index is 5.58. The van der Waals surface area contributed by atoms with E-state index in [4.69, 9.17) is 4.42 Å². The standard InChI is InChI=1S/C10H16N2O/c1-7(2)6-9-11-12-10(13-9)8-4-3-5-8/h7-8H,3-6H2,1-2H3. The van der Waals surface area contributed by atoms with Crippen molar-refractivity contribution in [1.82, 2.24) is 10.2 Å². The average Bonchev–Trinajstić information content (AvgIpc) is 2.31. The van der Waals surface area contributed by atoms with Crippen molar-refractivity contribution in [3.63, 3.8) is 0 Å². The highest BCUT2D eigenvalue weighted by Gasteiger charge is 2.25. The van der Waals surface area contributed by atoms with Crippen LogP contribution in [-0.4, -0.2) is 10.2 Å². The monoisotopic (exact) mass is 180 g/mol. The van der Waals surface area contributed by atoms with E-state index in [9.17, 15) is 0 Å². The minimum Gasteiger partial charge on any atom is -0.425 e. The van der Waals surface area contributed by atoms with Crippen LogP contribution in [0.3, 0.4) is 0 Å². The third-order valence-corrected chi connectivity index (χ3v) is 2.52. The van der Waals surface area contributed by atoms with Gasteiger partial charge in [-0.25, -0.2) is 0 Å². The van der Waals surface area contributed by atoms with Crippen LogP contribution in [0.15, 0.2) is 4.42 Å². The normalized spacial score (nSPS) is 17.8. The highest BCUT2D eigenvalue weighted by Crippen LogP contribution is 2.35. The van der Waals surface area contributed by atoms with E-state index in [1.807, 2.05) is 0 Å². The second-order valence-corrected chi connectivity index (χ2v) is 4.26. The zero-order valence-electron chi connectivity index (χ0n) is 8.29. The van der Waals surface area contributed by atoms with Gasteiger partial charge in [-0.05, 0) is 18.8 Å². The summed E-state index contributed by atoms with van der Waals surface area (Å²) >= 11 is 0. The third kappa shape index (κ3) is 1.90. The Balaban J connectivity index is 2.00. The van der Waals surface area contributed by atoms with Gasteiger partial charge in [-0.15, -0.1) is 10.2 Å². The molecule has 13 heavy (non-hydrogen) atoms. The molecule has 0 bridgehead atoms. The second-order valence-electron chi connectivity index (χ2n) is 4.26. The van der Waals surface area contributed by atoms with E-state index >= 15 is 0 Å². The van der Waals surface area contributed by atoms with Crippen molar-refractivity contribution in [3.05, 3.63) is 11.8 Å². The summed E-state index contributed by atoms with van der Waals surface area (Å²) in [5.74, 6) is 2.82. The number of hydrogen-bond donors (Lipinski definition) is 0. The molecule has 0 aliphatic heterocycles. The van der Waals surface area contributed by atoms with Crippen LogP contribution < -0.4 is 0 Å². The van der Waals surface area contributed by atoms with Gasteiger partial charge in [0.1, 0.15) is 0 Å². The predicted molar refractivity (Wildman–Crippen MR) is 49.4 cm³/mol. The zero-order valence-corrected chi connectivity index (χ0v) is 8.29. The molecule has 0 aromatic carbocycles. The third-order valence-electron chi connectivity index (χ3n) is 2.52. The van der Waals surface area contributed by atoms with Crippen molar-refractivity contribution in [2.24, 2.45) is 5.92 Å². The van der Waals surface area contributed by atoms with Crippen LogP contribution in [0.1, 0.15) is 50.8 Å². The summed E-state index contributed by atoms with van der Waals surface area (Å²) < 4.78 is 5.58. The molecule has 1 saturated carbocycles. The molecule has 3 nitrogen and oxygen atoms in total. The van der Waals surface area contributed by atoms with Gasteiger partial charge in [0.05, 0.1) is 0 Å². The molecule has 0 unspecified atom stereocenters. The van der Waals surface area contributed by atoms with Crippen LogP contribution in [0, 0.1) is 5.92 Å². The van der Waals surface area contributed by atoms with Gasteiger partial charge in [0.2, 0.25) is 11.8 Å². The SMILES string of the molecule is CC(C)Cc1nnc(C2CCC2)o1. The Bertz CT molecular complexity index is 276. The number of rotatable bonds is 3. The smallest absolute Gasteiger partial charge is 0.219 e. The fourth-order valence-electron chi connectivity index (χ4n) is 1.52. The van der Waals surface area contributed by atoms with Gasteiger partial charge in [0, 0.05) is 12.3 Å². The van der Waals surface area contributed by atoms with Crippen molar-refractivity contribution in [1.29, 1.82) is 0 Å². The van der Waals surface area contributed by atoms with Gasteiger partial charge < -0.3 is 4.42 Å². The van der Waals surface area contributed by atoms with E-state index < -0.39 is 0 Å². The molecule has 1 aromatic heterocycles. The summed E-state index contributed by atoms with van der Waals surface area (Å²) in [6.45, 7) is 4.32. The number of hydrogen-bond acceptors (Lipinski definition) is 3. The largest absolute Gasteiger partial charge is 0.425 e. The van der Waals surface area contributed by atoms with Gasteiger partial charge in [-0.3, -0.25) is 0 Å². The fourth-order valence-corrected chi connectivity index (χ4v) is 1.52. The fraction of sp³-hybridized carbons (Fsp3) is 0.800. The number of nitrogens with zero attached hydrogens (tertiary/aromatic N) is 2. The molecule has 72 valence electrons. The van der Waals surface area contributed by atoms with Gasteiger partial charge in [-0.2, -0.15) is 0 Å². The zero-order chi connectivity index (χ0) is 9.26. The molecule has 0 radical (unpaired) electrons. The lowest BCUT2D eigenvalue weighted by Crippen LogP contribution is -2.08. The van der Waals surface area contributed by atoms with Crippen LogP contribution in [0.2, 0.25) is 0 Å². The molecule has 0 spiro atoms. The Kier molecular flexibility index (Phi) is 2.34. The molecule has 1 fully saturated rings. The molecular formula is C10H16N2O. The van der Waals surface area contributed by atoms with Crippen LogP contribution in [0.4, 0.5) is 0 Å². The molecule has 1 aromatic rings. The molecule has 0 N–H and O–H groups in total. The van der Waals surface area contributed by atoms with E-state index in [1.54, 1.807) is 0 Å². The molecule has 1 heterocycles. The second kappa shape index (κ2) is 3.48. The van der Waals surface area contributed by atoms with E-state index in [1.165, 1.54) is 19.3 Å². The maximum Gasteiger partial charge on any atom is 0.219 e. The molecule has 0 amide bonds. The van der Waals surface area contributed by atoms with Gasteiger partial charge in [0.15, 0.2) is 0 Å². The van der Waals surface area contributed by atoms with Crippen LogP contribution in [-0.2, 0) is 6.42 Å². The van der Waals surface area contributed by atoms with Crippen LogP contribution in [0.5, 0.6) is 0 Å². The Morgan fingerprint density at radius 3 is 2.69 bits per heavy atom. The molecule has 3 heteroatoms.